The Morgan fingerprint density at radius 3 is 2.10 bits per heavy atom. The number of hydrazine groups is 1. The molecule has 0 aliphatic carbocycles. The zero-order chi connectivity index (χ0) is 8.15. The van der Waals surface area contributed by atoms with Crippen LogP contribution < -0.4 is 15.8 Å². The van der Waals surface area contributed by atoms with Crippen molar-refractivity contribution in [1.29, 1.82) is 0 Å². The highest BCUT2D eigenvalue weighted by atomic mass is 16.7. The summed E-state index contributed by atoms with van der Waals surface area (Å²) >= 11 is 0. The molecule has 6 nitrogen and oxygen atoms in total. The van der Waals surface area contributed by atoms with E-state index in [-0.39, 0.29) is 10.3 Å². The van der Waals surface area contributed by atoms with Crippen LogP contribution in [0.2, 0.25) is 0 Å². The van der Waals surface area contributed by atoms with Gasteiger partial charge in [0.25, 0.3) is 0 Å². The summed E-state index contributed by atoms with van der Waals surface area (Å²) < 4.78 is 0. The van der Waals surface area contributed by atoms with E-state index < -0.39 is 0 Å². The maximum atomic E-state index is 10.8. The second-order valence-corrected chi connectivity index (χ2v) is 1.83. The average Bonchev–Trinajstić information content (AvgIpc) is 1.88. The van der Waals surface area contributed by atoms with Gasteiger partial charge in [0.05, 0.1) is 18.8 Å². The molecule has 0 bridgehead atoms. The van der Waals surface area contributed by atoms with Crippen LogP contribution in [0.1, 0.15) is 6.92 Å². The lowest BCUT2D eigenvalue weighted by molar-refractivity contribution is -1.21. The van der Waals surface area contributed by atoms with Gasteiger partial charge in [-0.05, 0) is 6.92 Å². The second-order valence-electron chi connectivity index (χ2n) is 1.83. The van der Waals surface area contributed by atoms with Gasteiger partial charge in [0, 0.05) is 7.05 Å². The molecule has 0 amide bonds. The molecular formula is C4H14N4O2. The second kappa shape index (κ2) is 4.56. The van der Waals surface area contributed by atoms with Gasteiger partial charge >= 0.3 is 0 Å². The van der Waals surface area contributed by atoms with Crippen molar-refractivity contribution < 1.29 is 10.3 Å². The summed E-state index contributed by atoms with van der Waals surface area (Å²) in [5, 5.41) is 21.9. The quantitative estimate of drug-likeness (QED) is 0.367. The van der Waals surface area contributed by atoms with E-state index in [1.807, 2.05) is 0 Å². The lowest BCUT2D eigenvalue weighted by Crippen LogP contribution is -3.35. The number of hydrogen-bond donors (Lipinski definition) is 3. The van der Waals surface area contributed by atoms with Gasteiger partial charge in [-0.15, -0.1) is 0 Å². The molecule has 0 aliphatic heterocycles. The van der Waals surface area contributed by atoms with Crippen molar-refractivity contribution in [2.75, 3.05) is 20.6 Å². The molecule has 0 heterocycles. The van der Waals surface area contributed by atoms with Crippen LogP contribution in [0.25, 0.3) is 0 Å². The third-order valence-corrected chi connectivity index (χ3v) is 1.09. The minimum absolute atomic E-state index is 0.213. The first-order chi connectivity index (χ1) is 4.63. The lowest BCUT2D eigenvalue weighted by Gasteiger charge is -2.34. The Hall–Kier alpha value is -0.240. The number of hydrogen-bond acceptors (Lipinski definition) is 4. The van der Waals surface area contributed by atoms with Crippen molar-refractivity contribution in [3.8, 4) is 0 Å². The fourth-order valence-corrected chi connectivity index (χ4v) is 0.616. The van der Waals surface area contributed by atoms with Crippen LogP contribution in [0.4, 0.5) is 0 Å². The standard InChI is InChI=1S/C4H14N4O2/c1-4-7(10)8(5-2)6(3)9/h5-7H,4H2,1-3H3. The molecule has 0 spiro atoms. The van der Waals surface area contributed by atoms with Crippen LogP contribution >= 0.6 is 0 Å². The van der Waals surface area contributed by atoms with Crippen LogP contribution in [0.15, 0.2) is 0 Å². The minimum atomic E-state index is -0.283. The molecule has 2 atom stereocenters. The molecule has 0 saturated carbocycles. The summed E-state index contributed by atoms with van der Waals surface area (Å²) in [6, 6.07) is 0. The Balaban J connectivity index is 3.80. The van der Waals surface area contributed by atoms with Gasteiger partial charge in [-0.25, -0.2) is 10.3 Å². The number of hydroxylamine groups is 2. The third-order valence-electron chi connectivity index (χ3n) is 1.09. The SMILES string of the molecule is CC[NH+]([O-])N(NC)[NH+](C)[O-]. The summed E-state index contributed by atoms with van der Waals surface area (Å²) in [5.74, 6) is 0. The molecule has 0 radical (unpaired) electrons. The molecule has 0 aromatic heterocycles. The van der Waals surface area contributed by atoms with E-state index in [1.165, 1.54) is 14.1 Å². The summed E-state index contributed by atoms with van der Waals surface area (Å²) in [4.78, 5) is 0. The fourth-order valence-electron chi connectivity index (χ4n) is 0.616. The molecule has 2 unspecified atom stereocenters. The molecule has 3 N–H and O–H groups in total. The molecule has 0 aromatic carbocycles. The predicted molar refractivity (Wildman–Crippen MR) is 36.0 cm³/mol. The largest absolute Gasteiger partial charge is 0.608 e. The summed E-state index contributed by atoms with van der Waals surface area (Å²) in [6.07, 6.45) is 0. The van der Waals surface area contributed by atoms with Crippen molar-refractivity contribution >= 4 is 0 Å². The van der Waals surface area contributed by atoms with Crippen molar-refractivity contribution in [2.45, 2.75) is 6.92 Å². The molecule has 0 aromatic rings. The summed E-state index contributed by atoms with van der Waals surface area (Å²) in [6.45, 7) is 2.04. The van der Waals surface area contributed by atoms with Crippen LogP contribution in [0.3, 0.4) is 0 Å². The van der Waals surface area contributed by atoms with Gasteiger partial charge in [0.1, 0.15) is 0 Å². The van der Waals surface area contributed by atoms with E-state index in [0.717, 1.165) is 5.23 Å². The first-order valence-electron chi connectivity index (χ1n) is 3.14. The predicted octanol–water partition coefficient (Wildman–Crippen LogP) is -3.33. The first kappa shape index (κ1) is 9.76. The van der Waals surface area contributed by atoms with Crippen LogP contribution in [-0.4, -0.2) is 25.9 Å². The number of nitrogens with one attached hydrogen (secondary N) is 3. The number of quaternary nitrogens is 2. The van der Waals surface area contributed by atoms with E-state index in [4.69, 9.17) is 0 Å². The van der Waals surface area contributed by atoms with Crippen molar-refractivity contribution in [3.05, 3.63) is 10.4 Å². The van der Waals surface area contributed by atoms with Gasteiger partial charge < -0.3 is 10.4 Å². The van der Waals surface area contributed by atoms with E-state index in [2.05, 4.69) is 5.43 Å². The molecular weight excluding hydrogens is 136 g/mol. The van der Waals surface area contributed by atoms with Crippen LogP contribution in [0.5, 0.6) is 0 Å². The van der Waals surface area contributed by atoms with Gasteiger partial charge in [0.15, 0.2) is 0 Å². The fraction of sp³-hybridized carbons (Fsp3) is 1.00. The Morgan fingerprint density at radius 1 is 1.50 bits per heavy atom. The van der Waals surface area contributed by atoms with E-state index in [9.17, 15) is 10.4 Å². The van der Waals surface area contributed by atoms with E-state index >= 15 is 0 Å². The maximum Gasteiger partial charge on any atom is 0.0970 e. The molecule has 0 rings (SSSR count). The monoisotopic (exact) mass is 150 g/mol. The van der Waals surface area contributed by atoms with Gasteiger partial charge in [-0.1, -0.05) is 0 Å². The molecule has 0 saturated heterocycles. The van der Waals surface area contributed by atoms with Crippen molar-refractivity contribution in [2.24, 2.45) is 0 Å². The zero-order valence-electron chi connectivity index (χ0n) is 6.47. The molecule has 6 heteroatoms. The number of nitrogens with zero attached hydrogens (tertiary/aromatic N) is 1. The molecule has 62 valence electrons. The Bertz CT molecular complexity index is 89.3. The van der Waals surface area contributed by atoms with E-state index in [1.54, 1.807) is 6.92 Å². The van der Waals surface area contributed by atoms with Crippen LogP contribution in [-0.2, 0) is 0 Å². The van der Waals surface area contributed by atoms with Crippen molar-refractivity contribution in [1.82, 2.24) is 10.7 Å². The van der Waals surface area contributed by atoms with E-state index in [0.29, 0.717) is 6.54 Å². The normalized spacial score (nSPS) is 17.4. The molecule has 0 fully saturated rings. The van der Waals surface area contributed by atoms with Crippen LogP contribution in [0, 0.1) is 10.4 Å². The molecule has 10 heavy (non-hydrogen) atoms. The smallest absolute Gasteiger partial charge is 0.0970 e. The first-order valence-corrected chi connectivity index (χ1v) is 3.14. The Labute approximate surface area is 60.1 Å². The van der Waals surface area contributed by atoms with Gasteiger partial charge in [-0.3, -0.25) is 0 Å². The molecule has 0 aliphatic rings. The summed E-state index contributed by atoms with van der Waals surface area (Å²) in [7, 11) is 2.87. The highest BCUT2D eigenvalue weighted by molar-refractivity contribution is 4.08. The minimum Gasteiger partial charge on any atom is -0.608 e. The third kappa shape index (κ3) is 2.56. The highest BCUT2D eigenvalue weighted by Crippen LogP contribution is 1.45. The highest BCUT2D eigenvalue weighted by Gasteiger charge is 2.10. The van der Waals surface area contributed by atoms with Gasteiger partial charge in [-0.2, -0.15) is 5.43 Å². The Kier molecular flexibility index (Phi) is 4.45. The topological polar surface area (TPSA) is 70.3 Å². The summed E-state index contributed by atoms with van der Waals surface area (Å²) in [5.41, 5.74) is 2.49. The zero-order valence-corrected chi connectivity index (χ0v) is 6.47. The number of rotatable bonds is 4. The maximum absolute atomic E-state index is 10.8. The van der Waals surface area contributed by atoms with Crippen molar-refractivity contribution in [3.63, 3.8) is 0 Å². The average molecular weight is 150 g/mol. The lowest BCUT2D eigenvalue weighted by atomic mass is 10.8. The Morgan fingerprint density at radius 2 is 2.00 bits per heavy atom. The van der Waals surface area contributed by atoms with Gasteiger partial charge in [0.2, 0.25) is 0 Å².